The minimum Gasteiger partial charge on any atom is -0.476 e. The van der Waals surface area contributed by atoms with Crippen LogP contribution in [0.1, 0.15) is 28.5 Å². The molecule has 0 saturated carbocycles. The van der Waals surface area contributed by atoms with Crippen LogP contribution in [-0.4, -0.2) is 21.0 Å². The minimum absolute atomic E-state index is 0.0521. The highest BCUT2D eigenvalue weighted by atomic mass is 32.1. The molecule has 3 rings (SSSR count). The van der Waals surface area contributed by atoms with Gasteiger partial charge in [-0.25, -0.2) is 9.78 Å². The van der Waals surface area contributed by atoms with Gasteiger partial charge in [-0.2, -0.15) is 4.98 Å². The number of benzene rings is 1. The second kappa shape index (κ2) is 4.93. The summed E-state index contributed by atoms with van der Waals surface area (Å²) in [5.74, 6) is -1.03. The van der Waals surface area contributed by atoms with E-state index in [1.54, 1.807) is 0 Å². The second-order valence-corrected chi connectivity index (χ2v) is 5.12. The first-order valence-corrected chi connectivity index (χ1v) is 6.82. The van der Waals surface area contributed by atoms with Gasteiger partial charge < -0.3 is 14.8 Å². The van der Waals surface area contributed by atoms with E-state index in [4.69, 9.17) is 9.52 Å². The number of nitrogens with one attached hydrogen (secondary N) is 1. The first-order chi connectivity index (χ1) is 9.63. The van der Waals surface area contributed by atoms with Crippen LogP contribution < -0.4 is 5.32 Å². The van der Waals surface area contributed by atoms with Gasteiger partial charge in [0.15, 0.2) is 11.3 Å². The van der Waals surface area contributed by atoms with Crippen molar-refractivity contribution in [3.8, 4) is 0 Å². The SMILES string of the molecule is CC(Nc1nc2ccccc2o1)c1nc(C(=O)O)cs1. The quantitative estimate of drug-likeness (QED) is 0.767. The maximum absolute atomic E-state index is 10.8. The molecule has 0 fully saturated rings. The van der Waals surface area contributed by atoms with Crippen molar-refractivity contribution in [3.05, 3.63) is 40.3 Å². The Morgan fingerprint density at radius 2 is 2.20 bits per heavy atom. The number of rotatable bonds is 4. The molecule has 0 amide bonds. The number of para-hydroxylation sites is 2. The summed E-state index contributed by atoms with van der Waals surface area (Å²) in [6.45, 7) is 1.87. The molecular formula is C13H11N3O3S. The van der Waals surface area contributed by atoms with Crippen LogP contribution in [0.5, 0.6) is 0 Å². The molecule has 0 spiro atoms. The number of carbonyl (C=O) groups is 1. The number of fused-ring (bicyclic) bond motifs is 1. The minimum atomic E-state index is -1.03. The Hall–Kier alpha value is -2.41. The highest BCUT2D eigenvalue weighted by molar-refractivity contribution is 7.09. The zero-order valence-electron chi connectivity index (χ0n) is 10.5. The van der Waals surface area contributed by atoms with Gasteiger partial charge in [0.1, 0.15) is 10.5 Å². The summed E-state index contributed by atoms with van der Waals surface area (Å²) in [7, 11) is 0. The van der Waals surface area contributed by atoms with Gasteiger partial charge in [0.05, 0.1) is 6.04 Å². The average molecular weight is 289 g/mol. The monoisotopic (exact) mass is 289 g/mol. The van der Waals surface area contributed by atoms with Crippen LogP contribution in [0.3, 0.4) is 0 Å². The van der Waals surface area contributed by atoms with Gasteiger partial charge >= 0.3 is 5.97 Å². The molecule has 0 aliphatic heterocycles. The van der Waals surface area contributed by atoms with Crippen LogP contribution in [0.2, 0.25) is 0 Å². The number of hydrogen-bond acceptors (Lipinski definition) is 6. The lowest BCUT2D eigenvalue weighted by Gasteiger charge is -2.07. The van der Waals surface area contributed by atoms with Crippen LogP contribution >= 0.6 is 11.3 Å². The molecule has 0 bridgehead atoms. The van der Waals surface area contributed by atoms with Gasteiger partial charge in [0.2, 0.25) is 0 Å². The maximum Gasteiger partial charge on any atom is 0.355 e. The number of thiazole rings is 1. The highest BCUT2D eigenvalue weighted by Gasteiger charge is 2.16. The molecule has 0 aliphatic rings. The number of anilines is 1. The van der Waals surface area contributed by atoms with Crippen LogP contribution in [0.25, 0.3) is 11.1 Å². The fourth-order valence-corrected chi connectivity index (χ4v) is 2.57. The summed E-state index contributed by atoms with van der Waals surface area (Å²) in [6.07, 6.45) is 0. The average Bonchev–Trinajstić information content (AvgIpc) is 3.04. The zero-order chi connectivity index (χ0) is 14.1. The first kappa shape index (κ1) is 12.6. The number of oxazole rings is 1. The summed E-state index contributed by atoms with van der Waals surface area (Å²) in [5, 5.41) is 14.1. The van der Waals surface area contributed by atoms with E-state index < -0.39 is 5.97 Å². The Kier molecular flexibility index (Phi) is 3.11. The summed E-state index contributed by atoms with van der Waals surface area (Å²) in [6, 6.07) is 7.68. The number of nitrogens with zero attached hydrogens (tertiary/aromatic N) is 2. The third-order valence-electron chi connectivity index (χ3n) is 2.75. The third kappa shape index (κ3) is 2.35. The van der Waals surface area contributed by atoms with E-state index in [2.05, 4.69) is 15.3 Å². The lowest BCUT2D eigenvalue weighted by Crippen LogP contribution is -2.07. The van der Waals surface area contributed by atoms with Crippen molar-refractivity contribution in [3.63, 3.8) is 0 Å². The fraction of sp³-hybridized carbons (Fsp3) is 0.154. The topological polar surface area (TPSA) is 88.3 Å². The molecule has 1 aromatic carbocycles. The van der Waals surface area contributed by atoms with Crippen molar-refractivity contribution < 1.29 is 14.3 Å². The van der Waals surface area contributed by atoms with E-state index in [0.29, 0.717) is 16.6 Å². The Labute approximate surface area is 118 Å². The summed E-state index contributed by atoms with van der Waals surface area (Å²) in [4.78, 5) is 19.2. The first-order valence-electron chi connectivity index (χ1n) is 5.94. The van der Waals surface area contributed by atoms with Gasteiger partial charge in [0, 0.05) is 5.38 Å². The molecule has 2 heterocycles. The summed E-state index contributed by atoms with van der Waals surface area (Å²) in [5.41, 5.74) is 1.52. The predicted molar refractivity (Wildman–Crippen MR) is 75.1 cm³/mol. The molecule has 20 heavy (non-hydrogen) atoms. The molecule has 2 N–H and O–H groups in total. The van der Waals surface area contributed by atoms with Crippen molar-refractivity contribution in [1.29, 1.82) is 0 Å². The van der Waals surface area contributed by atoms with Crippen molar-refractivity contribution in [1.82, 2.24) is 9.97 Å². The van der Waals surface area contributed by atoms with E-state index in [-0.39, 0.29) is 11.7 Å². The highest BCUT2D eigenvalue weighted by Crippen LogP contribution is 2.24. The molecular weight excluding hydrogens is 278 g/mol. The van der Waals surface area contributed by atoms with Gasteiger partial charge in [-0.3, -0.25) is 0 Å². The molecule has 2 aromatic heterocycles. The number of carboxylic acids is 1. The lowest BCUT2D eigenvalue weighted by atomic mass is 10.3. The molecule has 0 radical (unpaired) electrons. The smallest absolute Gasteiger partial charge is 0.355 e. The Morgan fingerprint density at radius 3 is 2.90 bits per heavy atom. The van der Waals surface area contributed by atoms with E-state index >= 15 is 0 Å². The van der Waals surface area contributed by atoms with Crippen LogP contribution in [0, 0.1) is 0 Å². The molecule has 3 aromatic rings. The number of carboxylic acid groups (broad SMARTS) is 1. The molecule has 0 aliphatic carbocycles. The van der Waals surface area contributed by atoms with E-state index in [1.165, 1.54) is 16.7 Å². The predicted octanol–water partition coefficient (Wildman–Crippen LogP) is 3.16. The largest absolute Gasteiger partial charge is 0.476 e. The number of hydrogen-bond donors (Lipinski definition) is 2. The zero-order valence-corrected chi connectivity index (χ0v) is 11.3. The van der Waals surface area contributed by atoms with Crippen molar-refractivity contribution in [2.24, 2.45) is 0 Å². The Morgan fingerprint density at radius 1 is 1.40 bits per heavy atom. The number of aromatic nitrogens is 2. The van der Waals surface area contributed by atoms with Gasteiger partial charge in [-0.15, -0.1) is 11.3 Å². The standard InChI is InChI=1S/C13H11N3O3S/c1-7(11-15-9(6-20-11)12(17)18)14-13-16-8-4-2-3-5-10(8)19-13/h2-7H,1H3,(H,14,16)(H,17,18). The second-order valence-electron chi connectivity index (χ2n) is 4.23. The van der Waals surface area contributed by atoms with E-state index in [9.17, 15) is 4.79 Å². The van der Waals surface area contributed by atoms with Crippen LogP contribution in [0.4, 0.5) is 6.01 Å². The summed E-state index contributed by atoms with van der Waals surface area (Å²) < 4.78 is 5.55. The van der Waals surface area contributed by atoms with Crippen LogP contribution in [-0.2, 0) is 0 Å². The summed E-state index contributed by atoms with van der Waals surface area (Å²) >= 11 is 1.29. The molecule has 1 unspecified atom stereocenters. The van der Waals surface area contributed by atoms with Crippen molar-refractivity contribution >= 4 is 34.4 Å². The van der Waals surface area contributed by atoms with E-state index in [0.717, 1.165) is 5.52 Å². The molecule has 0 saturated heterocycles. The van der Waals surface area contributed by atoms with Crippen LogP contribution in [0.15, 0.2) is 34.1 Å². The van der Waals surface area contributed by atoms with E-state index in [1.807, 2.05) is 31.2 Å². The normalized spacial score (nSPS) is 12.4. The molecule has 7 heteroatoms. The van der Waals surface area contributed by atoms with Crippen molar-refractivity contribution in [2.45, 2.75) is 13.0 Å². The lowest BCUT2D eigenvalue weighted by molar-refractivity contribution is 0.0691. The molecule has 102 valence electrons. The Bertz CT molecular complexity index is 732. The fourth-order valence-electron chi connectivity index (χ4n) is 1.77. The van der Waals surface area contributed by atoms with Crippen molar-refractivity contribution in [2.75, 3.05) is 5.32 Å². The van der Waals surface area contributed by atoms with Gasteiger partial charge in [-0.05, 0) is 19.1 Å². The molecule has 1 atom stereocenters. The van der Waals surface area contributed by atoms with Gasteiger partial charge in [0.25, 0.3) is 6.01 Å². The third-order valence-corrected chi connectivity index (χ3v) is 3.77. The Balaban J connectivity index is 1.80. The number of aromatic carboxylic acids is 1. The van der Waals surface area contributed by atoms with Gasteiger partial charge in [-0.1, -0.05) is 12.1 Å². The molecule has 6 nitrogen and oxygen atoms in total. The maximum atomic E-state index is 10.8.